The Hall–Kier alpha value is -1.04. The van der Waals surface area contributed by atoms with Gasteiger partial charge in [-0.1, -0.05) is 62.1 Å². The van der Waals surface area contributed by atoms with Gasteiger partial charge in [-0.25, -0.2) is 0 Å². The van der Waals surface area contributed by atoms with Crippen molar-refractivity contribution < 1.29 is 0 Å². The molecule has 0 N–H and O–H groups in total. The molecule has 0 radical (unpaired) electrons. The van der Waals surface area contributed by atoms with Gasteiger partial charge in [0, 0.05) is 0 Å². The van der Waals surface area contributed by atoms with Gasteiger partial charge in [0.2, 0.25) is 0 Å². The predicted octanol–water partition coefficient (Wildman–Crippen LogP) is 4.84. The molecule has 0 amide bonds. The van der Waals surface area contributed by atoms with Crippen LogP contribution in [0.3, 0.4) is 0 Å². The van der Waals surface area contributed by atoms with Crippen molar-refractivity contribution in [2.45, 2.75) is 45.4 Å². The summed E-state index contributed by atoms with van der Waals surface area (Å²) in [4.78, 5) is 0. The highest BCUT2D eigenvalue weighted by molar-refractivity contribution is 5.64. The third-order valence-corrected chi connectivity index (χ3v) is 3.77. The summed E-state index contributed by atoms with van der Waals surface area (Å²) in [6, 6.07) is 8.73. The van der Waals surface area contributed by atoms with Crippen molar-refractivity contribution in [3.63, 3.8) is 0 Å². The van der Waals surface area contributed by atoms with Crippen LogP contribution in [0.4, 0.5) is 0 Å². The highest BCUT2D eigenvalue weighted by Gasteiger charge is 2.15. The highest BCUT2D eigenvalue weighted by Crippen LogP contribution is 2.29. The molecule has 0 unspecified atom stereocenters. The minimum atomic E-state index is 0.984. The lowest BCUT2D eigenvalue weighted by molar-refractivity contribution is 0.503. The van der Waals surface area contributed by atoms with Crippen molar-refractivity contribution in [1.29, 1.82) is 0 Å². The summed E-state index contributed by atoms with van der Waals surface area (Å²) in [6.07, 6.45) is 8.40. The van der Waals surface area contributed by atoms with Crippen molar-refractivity contribution in [3.8, 4) is 0 Å². The van der Waals surface area contributed by atoms with Gasteiger partial charge in [0.05, 0.1) is 0 Å². The standard InChI is InChI=1S/C16H22/c1-13(2)16-10-6-5-9-15(16)12-11-14-7-3-4-8-14/h5-6,9-10,14H,1,3-4,7-8,11-12H2,2H3. The fraction of sp³-hybridized carbons (Fsp3) is 0.500. The second-order valence-electron chi connectivity index (χ2n) is 5.13. The Kier molecular flexibility index (Phi) is 3.82. The Bertz CT molecular complexity index is 356. The molecule has 1 saturated carbocycles. The number of aryl methyl sites for hydroxylation is 1. The minimum absolute atomic E-state index is 0.984. The molecule has 0 heteroatoms. The van der Waals surface area contributed by atoms with Gasteiger partial charge < -0.3 is 0 Å². The van der Waals surface area contributed by atoms with E-state index in [0.717, 1.165) is 5.92 Å². The molecule has 1 aliphatic carbocycles. The lowest BCUT2D eigenvalue weighted by Crippen LogP contribution is -1.98. The van der Waals surface area contributed by atoms with E-state index >= 15 is 0 Å². The van der Waals surface area contributed by atoms with Gasteiger partial charge in [-0.05, 0) is 36.8 Å². The van der Waals surface area contributed by atoms with E-state index in [0.29, 0.717) is 0 Å². The molecule has 2 rings (SSSR count). The summed E-state index contributed by atoms with van der Waals surface area (Å²) < 4.78 is 0. The lowest BCUT2D eigenvalue weighted by atomic mass is 9.93. The molecule has 1 aliphatic rings. The molecule has 1 aromatic rings. The van der Waals surface area contributed by atoms with E-state index in [2.05, 4.69) is 37.8 Å². The van der Waals surface area contributed by atoms with Gasteiger partial charge in [-0.3, -0.25) is 0 Å². The highest BCUT2D eigenvalue weighted by atomic mass is 14.2. The number of rotatable bonds is 4. The van der Waals surface area contributed by atoms with Gasteiger partial charge in [0.1, 0.15) is 0 Å². The molecule has 0 saturated heterocycles. The average molecular weight is 214 g/mol. The molecule has 86 valence electrons. The largest absolute Gasteiger partial charge is 0.0955 e. The summed E-state index contributed by atoms with van der Waals surface area (Å²) in [5.74, 6) is 0.984. The van der Waals surface area contributed by atoms with Gasteiger partial charge >= 0.3 is 0 Å². The van der Waals surface area contributed by atoms with E-state index in [1.54, 1.807) is 0 Å². The molecule has 0 spiro atoms. The van der Waals surface area contributed by atoms with Crippen molar-refractivity contribution >= 4 is 5.57 Å². The first-order valence-corrected chi connectivity index (χ1v) is 6.51. The summed E-state index contributed by atoms with van der Waals surface area (Å²) in [5.41, 5.74) is 4.05. The Morgan fingerprint density at radius 2 is 1.94 bits per heavy atom. The summed E-state index contributed by atoms with van der Waals surface area (Å²) in [5, 5.41) is 0. The maximum absolute atomic E-state index is 4.07. The fourth-order valence-corrected chi connectivity index (χ4v) is 2.81. The van der Waals surface area contributed by atoms with E-state index < -0.39 is 0 Å². The molecule has 1 aromatic carbocycles. The molecule has 0 bridgehead atoms. The molecule has 16 heavy (non-hydrogen) atoms. The average Bonchev–Trinajstić information content (AvgIpc) is 2.79. The Balaban J connectivity index is 2.00. The maximum Gasteiger partial charge on any atom is -0.0201 e. The summed E-state index contributed by atoms with van der Waals surface area (Å²) >= 11 is 0. The van der Waals surface area contributed by atoms with Crippen LogP contribution in [-0.2, 0) is 6.42 Å². The van der Waals surface area contributed by atoms with Gasteiger partial charge in [-0.15, -0.1) is 0 Å². The smallest absolute Gasteiger partial charge is 0.0201 e. The van der Waals surface area contributed by atoms with Crippen LogP contribution in [0.15, 0.2) is 30.8 Å². The maximum atomic E-state index is 4.07. The van der Waals surface area contributed by atoms with E-state index in [4.69, 9.17) is 0 Å². The first-order valence-electron chi connectivity index (χ1n) is 6.51. The van der Waals surface area contributed by atoms with Gasteiger partial charge in [-0.2, -0.15) is 0 Å². The third kappa shape index (κ3) is 2.75. The molecule has 0 atom stereocenters. The Morgan fingerprint density at radius 1 is 1.25 bits per heavy atom. The molecule has 0 aliphatic heterocycles. The van der Waals surface area contributed by atoms with E-state index in [-0.39, 0.29) is 0 Å². The second-order valence-corrected chi connectivity index (χ2v) is 5.13. The number of hydrogen-bond donors (Lipinski definition) is 0. The quantitative estimate of drug-likeness (QED) is 0.672. The predicted molar refractivity (Wildman–Crippen MR) is 71.4 cm³/mol. The van der Waals surface area contributed by atoms with Crippen LogP contribution >= 0.6 is 0 Å². The first kappa shape index (κ1) is 11.4. The van der Waals surface area contributed by atoms with Gasteiger partial charge in [0.25, 0.3) is 0 Å². The minimum Gasteiger partial charge on any atom is -0.0955 e. The molecule has 1 fully saturated rings. The van der Waals surface area contributed by atoms with Crippen molar-refractivity contribution in [1.82, 2.24) is 0 Å². The van der Waals surface area contributed by atoms with Crippen LogP contribution in [0, 0.1) is 5.92 Å². The Labute approximate surface area is 99.4 Å². The second kappa shape index (κ2) is 5.34. The van der Waals surface area contributed by atoms with Crippen LogP contribution in [0.2, 0.25) is 0 Å². The zero-order valence-corrected chi connectivity index (χ0v) is 10.3. The molecule has 0 aromatic heterocycles. The molecular weight excluding hydrogens is 192 g/mol. The van der Waals surface area contributed by atoms with E-state index in [9.17, 15) is 0 Å². The third-order valence-electron chi connectivity index (χ3n) is 3.77. The Morgan fingerprint density at radius 3 is 2.62 bits per heavy atom. The molecule has 0 heterocycles. The van der Waals surface area contributed by atoms with Crippen LogP contribution in [0.25, 0.3) is 5.57 Å². The van der Waals surface area contributed by atoms with Crippen molar-refractivity contribution in [2.24, 2.45) is 5.92 Å². The lowest BCUT2D eigenvalue weighted by Gasteiger charge is -2.12. The van der Waals surface area contributed by atoms with Crippen LogP contribution in [0.1, 0.15) is 50.2 Å². The monoisotopic (exact) mass is 214 g/mol. The van der Waals surface area contributed by atoms with Crippen LogP contribution in [-0.4, -0.2) is 0 Å². The molecule has 0 nitrogen and oxygen atoms in total. The summed E-state index contributed by atoms with van der Waals surface area (Å²) in [7, 11) is 0. The fourth-order valence-electron chi connectivity index (χ4n) is 2.81. The first-order chi connectivity index (χ1) is 7.77. The zero-order chi connectivity index (χ0) is 11.4. The zero-order valence-electron chi connectivity index (χ0n) is 10.3. The topological polar surface area (TPSA) is 0 Å². The number of hydrogen-bond acceptors (Lipinski definition) is 0. The normalized spacial score (nSPS) is 16.6. The van der Waals surface area contributed by atoms with Crippen molar-refractivity contribution in [3.05, 3.63) is 42.0 Å². The van der Waals surface area contributed by atoms with Crippen molar-refractivity contribution in [2.75, 3.05) is 0 Å². The molecular formula is C16H22. The summed E-state index contributed by atoms with van der Waals surface area (Å²) in [6.45, 7) is 6.17. The van der Waals surface area contributed by atoms with Crippen LogP contribution in [0.5, 0.6) is 0 Å². The van der Waals surface area contributed by atoms with Gasteiger partial charge in [0.15, 0.2) is 0 Å². The van der Waals surface area contributed by atoms with E-state index in [1.807, 2.05) is 0 Å². The SMILES string of the molecule is C=C(C)c1ccccc1CCC1CCCC1. The van der Waals surface area contributed by atoms with Crippen LogP contribution < -0.4 is 0 Å². The number of benzene rings is 1. The van der Waals surface area contributed by atoms with E-state index in [1.165, 1.54) is 55.2 Å². The number of allylic oxidation sites excluding steroid dienone is 1.